The van der Waals surface area contributed by atoms with Gasteiger partial charge in [-0.25, -0.2) is 10.2 Å². The average Bonchev–Trinajstić information content (AvgIpc) is 2.60. The number of carboxylic acid groups (broad SMARTS) is 1. The van der Waals surface area contributed by atoms with Crippen molar-refractivity contribution in [2.75, 3.05) is 7.11 Å². The third-order valence-corrected chi connectivity index (χ3v) is 3.21. The zero-order valence-electron chi connectivity index (χ0n) is 13.9. The van der Waals surface area contributed by atoms with Crippen LogP contribution in [-0.4, -0.2) is 30.3 Å². The second kappa shape index (κ2) is 8.49. The highest BCUT2D eigenvalue weighted by atomic mass is 16.5. The van der Waals surface area contributed by atoms with E-state index in [-0.39, 0.29) is 18.1 Å². The van der Waals surface area contributed by atoms with Crippen molar-refractivity contribution < 1.29 is 24.2 Å². The zero-order valence-corrected chi connectivity index (χ0v) is 13.9. The van der Waals surface area contributed by atoms with E-state index in [4.69, 9.17) is 14.6 Å². The highest BCUT2D eigenvalue weighted by Crippen LogP contribution is 2.30. The first-order valence-corrected chi connectivity index (χ1v) is 7.43. The number of benzene rings is 2. The normalized spacial score (nSPS) is 10.5. The number of rotatable bonds is 7. The topological polar surface area (TPSA) is 97.2 Å². The molecular formula is C18H18N2O5. The third kappa shape index (κ3) is 5.07. The molecule has 1 amide bonds. The smallest absolute Gasteiger partial charge is 0.335 e. The molecule has 7 nitrogen and oxygen atoms in total. The second-order valence-corrected chi connectivity index (χ2v) is 5.10. The largest absolute Gasteiger partial charge is 0.493 e. The fraction of sp³-hybridized carbons (Fsp3) is 0.167. The van der Waals surface area contributed by atoms with E-state index >= 15 is 0 Å². The number of aromatic carboxylic acids is 1. The number of para-hydroxylation sites is 1. The van der Waals surface area contributed by atoms with Gasteiger partial charge < -0.3 is 14.6 Å². The number of carbonyl (C=O) groups excluding carboxylic acids is 1. The predicted molar refractivity (Wildman–Crippen MR) is 92.1 cm³/mol. The molecule has 0 saturated heterocycles. The van der Waals surface area contributed by atoms with Crippen molar-refractivity contribution in [2.24, 2.45) is 5.10 Å². The fourth-order valence-electron chi connectivity index (χ4n) is 2.09. The van der Waals surface area contributed by atoms with Crippen LogP contribution < -0.4 is 14.9 Å². The Hall–Kier alpha value is -3.35. The first-order chi connectivity index (χ1) is 12.0. The Morgan fingerprint density at radius 1 is 1.24 bits per heavy atom. The van der Waals surface area contributed by atoms with E-state index in [2.05, 4.69) is 10.5 Å². The van der Waals surface area contributed by atoms with Gasteiger partial charge in [-0.05, 0) is 29.8 Å². The number of hydrogen-bond acceptors (Lipinski definition) is 5. The highest BCUT2D eigenvalue weighted by Gasteiger charge is 2.10. The minimum atomic E-state index is -0.998. The summed E-state index contributed by atoms with van der Waals surface area (Å²) in [6.45, 7) is 1.51. The van der Waals surface area contributed by atoms with Crippen LogP contribution in [0.15, 0.2) is 47.6 Å². The van der Waals surface area contributed by atoms with Crippen LogP contribution in [0, 0.1) is 0 Å². The molecule has 2 aromatic rings. The van der Waals surface area contributed by atoms with Gasteiger partial charge in [0.2, 0.25) is 5.91 Å². The molecule has 2 N–H and O–H groups in total. The van der Waals surface area contributed by atoms with Gasteiger partial charge in [-0.15, -0.1) is 0 Å². The number of hydrazone groups is 1. The molecule has 0 aliphatic rings. The van der Waals surface area contributed by atoms with Gasteiger partial charge in [-0.3, -0.25) is 4.79 Å². The molecule has 2 aromatic carbocycles. The summed E-state index contributed by atoms with van der Waals surface area (Å²) in [6, 6.07) is 11.8. The van der Waals surface area contributed by atoms with E-state index in [9.17, 15) is 9.59 Å². The maximum absolute atomic E-state index is 11.0. The standard InChI is InChI=1S/C18H18N2O5/c1-12(21)20-19-10-15-7-4-8-16(24-2)17(15)25-11-13-5-3-6-14(9-13)18(22)23/h3-10H,11H2,1-2H3,(H,20,21)(H,22,23). The molecule has 2 rings (SSSR count). The summed E-state index contributed by atoms with van der Waals surface area (Å²) >= 11 is 0. The molecule has 0 unspecified atom stereocenters. The first kappa shape index (κ1) is 18.0. The van der Waals surface area contributed by atoms with E-state index < -0.39 is 5.97 Å². The number of hydrogen-bond donors (Lipinski definition) is 2. The Balaban J connectivity index is 2.22. The Bertz CT molecular complexity index is 802. The Labute approximate surface area is 144 Å². The molecule has 0 fully saturated rings. The van der Waals surface area contributed by atoms with Gasteiger partial charge in [0, 0.05) is 12.5 Å². The molecule has 130 valence electrons. The lowest BCUT2D eigenvalue weighted by atomic mass is 10.1. The van der Waals surface area contributed by atoms with Gasteiger partial charge >= 0.3 is 5.97 Å². The molecule has 0 spiro atoms. The van der Waals surface area contributed by atoms with Crippen molar-refractivity contribution in [2.45, 2.75) is 13.5 Å². The molecule has 0 saturated carbocycles. The molecule has 0 radical (unpaired) electrons. The molecule has 0 atom stereocenters. The van der Waals surface area contributed by atoms with Gasteiger partial charge in [0.05, 0.1) is 18.9 Å². The lowest BCUT2D eigenvalue weighted by molar-refractivity contribution is -0.118. The van der Waals surface area contributed by atoms with Crippen LogP contribution in [-0.2, 0) is 11.4 Å². The van der Waals surface area contributed by atoms with Crippen molar-refractivity contribution in [1.82, 2.24) is 5.43 Å². The lowest BCUT2D eigenvalue weighted by Crippen LogP contribution is -2.12. The number of ether oxygens (including phenoxy) is 2. The Kier molecular flexibility index (Phi) is 6.11. The van der Waals surface area contributed by atoms with Gasteiger partial charge in [0.1, 0.15) is 6.61 Å². The maximum Gasteiger partial charge on any atom is 0.335 e. The van der Waals surface area contributed by atoms with Crippen LogP contribution in [0.3, 0.4) is 0 Å². The first-order valence-electron chi connectivity index (χ1n) is 7.43. The molecule has 0 aromatic heterocycles. The van der Waals surface area contributed by atoms with Crippen LogP contribution in [0.1, 0.15) is 28.4 Å². The number of amides is 1. The number of nitrogens with zero attached hydrogens (tertiary/aromatic N) is 1. The van der Waals surface area contributed by atoms with Crippen LogP contribution in [0.2, 0.25) is 0 Å². The number of methoxy groups -OCH3 is 1. The summed E-state index contributed by atoms with van der Waals surface area (Å²) in [5.41, 5.74) is 3.83. The van der Waals surface area contributed by atoms with Crippen molar-refractivity contribution in [3.63, 3.8) is 0 Å². The van der Waals surface area contributed by atoms with E-state index in [1.165, 1.54) is 26.3 Å². The van der Waals surface area contributed by atoms with Crippen LogP contribution in [0.4, 0.5) is 0 Å². The predicted octanol–water partition coefficient (Wildman–Crippen LogP) is 2.44. The quantitative estimate of drug-likeness (QED) is 0.595. The lowest BCUT2D eigenvalue weighted by Gasteiger charge is -2.13. The molecule has 0 heterocycles. The summed E-state index contributed by atoms with van der Waals surface area (Å²) < 4.78 is 11.1. The second-order valence-electron chi connectivity index (χ2n) is 5.10. The monoisotopic (exact) mass is 342 g/mol. The molecule has 7 heteroatoms. The summed E-state index contributed by atoms with van der Waals surface area (Å²) in [6.07, 6.45) is 1.45. The van der Waals surface area contributed by atoms with E-state index in [0.29, 0.717) is 22.6 Å². The van der Waals surface area contributed by atoms with Gasteiger partial charge in [0.15, 0.2) is 11.5 Å². The summed E-state index contributed by atoms with van der Waals surface area (Å²) in [4.78, 5) is 22.0. The van der Waals surface area contributed by atoms with E-state index in [1.54, 1.807) is 36.4 Å². The van der Waals surface area contributed by atoms with Gasteiger partial charge in [-0.2, -0.15) is 5.10 Å². The van der Waals surface area contributed by atoms with E-state index in [1.807, 2.05) is 0 Å². The summed E-state index contributed by atoms with van der Waals surface area (Å²) in [5.74, 6) is -0.338. The summed E-state index contributed by atoms with van der Waals surface area (Å²) in [7, 11) is 1.52. The zero-order chi connectivity index (χ0) is 18.2. The maximum atomic E-state index is 11.0. The molecular weight excluding hydrogens is 324 g/mol. The van der Waals surface area contributed by atoms with Gasteiger partial charge in [0.25, 0.3) is 0 Å². The van der Waals surface area contributed by atoms with Crippen LogP contribution in [0.5, 0.6) is 11.5 Å². The van der Waals surface area contributed by atoms with Crippen LogP contribution in [0.25, 0.3) is 0 Å². The number of nitrogens with one attached hydrogen (secondary N) is 1. The van der Waals surface area contributed by atoms with Crippen molar-refractivity contribution in [1.29, 1.82) is 0 Å². The van der Waals surface area contributed by atoms with Crippen molar-refractivity contribution in [3.05, 3.63) is 59.2 Å². The van der Waals surface area contributed by atoms with Gasteiger partial charge in [-0.1, -0.05) is 18.2 Å². The van der Waals surface area contributed by atoms with Crippen molar-refractivity contribution in [3.8, 4) is 11.5 Å². The minimum Gasteiger partial charge on any atom is -0.493 e. The molecule has 25 heavy (non-hydrogen) atoms. The summed E-state index contributed by atoms with van der Waals surface area (Å²) in [5, 5.41) is 12.9. The minimum absolute atomic E-state index is 0.155. The molecule has 0 aliphatic heterocycles. The Morgan fingerprint density at radius 2 is 2.00 bits per heavy atom. The highest BCUT2D eigenvalue weighted by molar-refractivity contribution is 5.88. The Morgan fingerprint density at radius 3 is 2.68 bits per heavy atom. The fourth-order valence-corrected chi connectivity index (χ4v) is 2.09. The third-order valence-electron chi connectivity index (χ3n) is 3.21. The number of carbonyl (C=O) groups is 2. The number of carboxylic acids is 1. The molecule has 0 bridgehead atoms. The molecule has 0 aliphatic carbocycles. The van der Waals surface area contributed by atoms with Crippen LogP contribution >= 0.6 is 0 Å². The average molecular weight is 342 g/mol. The van der Waals surface area contributed by atoms with E-state index in [0.717, 1.165) is 0 Å². The van der Waals surface area contributed by atoms with Crippen molar-refractivity contribution >= 4 is 18.1 Å². The SMILES string of the molecule is COc1cccc(C=NNC(C)=O)c1OCc1cccc(C(=O)O)c1.